The number of para-hydroxylation sites is 1. The van der Waals surface area contributed by atoms with Crippen LogP contribution >= 0.6 is 23.2 Å². The monoisotopic (exact) mass is 567 g/mol. The number of hydrogen-bond donors (Lipinski definition) is 2. The molecule has 0 unspecified atom stereocenters. The predicted octanol–water partition coefficient (Wildman–Crippen LogP) is 4.46. The van der Waals surface area contributed by atoms with E-state index < -0.39 is 29.7 Å². The molecule has 198 valence electrons. The number of barbiturate groups is 1. The standard InChI is InChI=1S/C27H19Cl2N3O7/c1-38-26(36)16-7-9-17(10-8-16)32-25(35)18(24(34)31-27(32)37)12-15-6-11-22(20(29)13-15)39-14-23(33)30-21-5-3-2-4-19(21)28/h2-13H,14H2,1H3,(H,30,33)(H,31,34,37)/b18-12-. The van der Waals surface area contributed by atoms with Crippen LogP contribution in [-0.4, -0.2) is 43.4 Å². The Labute approximate surface area is 232 Å². The smallest absolute Gasteiger partial charge is 0.337 e. The van der Waals surface area contributed by atoms with Crippen molar-refractivity contribution in [1.82, 2.24) is 5.32 Å². The lowest BCUT2D eigenvalue weighted by Gasteiger charge is -2.26. The Bertz CT molecular complexity index is 1520. The number of benzene rings is 3. The molecule has 0 radical (unpaired) electrons. The number of amides is 5. The summed E-state index contributed by atoms with van der Waals surface area (Å²) < 4.78 is 10.1. The van der Waals surface area contributed by atoms with Crippen molar-refractivity contribution >= 4 is 70.4 Å². The molecule has 4 rings (SSSR count). The molecule has 12 heteroatoms. The third kappa shape index (κ3) is 6.25. The van der Waals surface area contributed by atoms with Gasteiger partial charge < -0.3 is 14.8 Å². The number of halogens is 2. The molecule has 39 heavy (non-hydrogen) atoms. The van der Waals surface area contributed by atoms with Gasteiger partial charge in [-0.3, -0.25) is 19.7 Å². The molecule has 0 aromatic heterocycles. The Kier molecular flexibility index (Phi) is 8.28. The minimum absolute atomic E-state index is 0.116. The van der Waals surface area contributed by atoms with Gasteiger partial charge in [0.1, 0.15) is 11.3 Å². The number of nitrogens with zero attached hydrogens (tertiary/aromatic N) is 1. The second-order valence-electron chi connectivity index (χ2n) is 8.00. The highest BCUT2D eigenvalue weighted by Crippen LogP contribution is 2.28. The average molecular weight is 568 g/mol. The largest absolute Gasteiger partial charge is 0.482 e. The first-order valence-electron chi connectivity index (χ1n) is 11.2. The summed E-state index contributed by atoms with van der Waals surface area (Å²) in [6.45, 7) is -0.349. The van der Waals surface area contributed by atoms with E-state index in [2.05, 4.69) is 15.4 Å². The van der Waals surface area contributed by atoms with E-state index in [9.17, 15) is 24.0 Å². The molecule has 1 fully saturated rings. The summed E-state index contributed by atoms with van der Waals surface area (Å²) in [4.78, 5) is 62.6. The van der Waals surface area contributed by atoms with Crippen LogP contribution in [0.3, 0.4) is 0 Å². The highest BCUT2D eigenvalue weighted by atomic mass is 35.5. The molecule has 1 aliphatic heterocycles. The summed E-state index contributed by atoms with van der Waals surface area (Å²) in [6, 6.07) is 15.7. The molecular weight excluding hydrogens is 549 g/mol. The summed E-state index contributed by atoms with van der Waals surface area (Å²) >= 11 is 12.3. The Morgan fingerprint density at radius 2 is 1.69 bits per heavy atom. The minimum Gasteiger partial charge on any atom is -0.482 e. The third-order valence-corrected chi connectivity index (χ3v) is 6.05. The van der Waals surface area contributed by atoms with E-state index in [4.69, 9.17) is 27.9 Å². The van der Waals surface area contributed by atoms with Gasteiger partial charge >= 0.3 is 12.0 Å². The lowest BCUT2D eigenvalue weighted by molar-refractivity contribution is -0.122. The molecule has 5 amide bonds. The maximum Gasteiger partial charge on any atom is 0.337 e. The number of rotatable bonds is 7. The van der Waals surface area contributed by atoms with Gasteiger partial charge in [-0.15, -0.1) is 0 Å². The Balaban J connectivity index is 1.48. The molecule has 1 heterocycles. The molecule has 10 nitrogen and oxygen atoms in total. The second kappa shape index (κ2) is 11.8. The summed E-state index contributed by atoms with van der Waals surface area (Å²) in [6.07, 6.45) is 1.26. The molecule has 0 aliphatic carbocycles. The van der Waals surface area contributed by atoms with Gasteiger partial charge in [0, 0.05) is 0 Å². The van der Waals surface area contributed by atoms with Gasteiger partial charge in [-0.2, -0.15) is 0 Å². The Hall–Kier alpha value is -4.67. The minimum atomic E-state index is -0.940. The van der Waals surface area contributed by atoms with Crippen molar-refractivity contribution in [2.45, 2.75) is 0 Å². The van der Waals surface area contributed by atoms with E-state index in [0.29, 0.717) is 16.3 Å². The van der Waals surface area contributed by atoms with Gasteiger partial charge in [0.2, 0.25) is 0 Å². The summed E-state index contributed by atoms with van der Waals surface area (Å²) in [7, 11) is 1.23. The average Bonchev–Trinajstić information content (AvgIpc) is 2.91. The quantitative estimate of drug-likeness (QED) is 0.244. The number of nitrogens with one attached hydrogen (secondary N) is 2. The molecule has 0 saturated carbocycles. The van der Waals surface area contributed by atoms with Crippen molar-refractivity contribution in [2.24, 2.45) is 0 Å². The number of carbonyl (C=O) groups is 5. The first kappa shape index (κ1) is 27.4. The number of hydrogen-bond acceptors (Lipinski definition) is 7. The number of urea groups is 1. The maximum absolute atomic E-state index is 13.1. The molecule has 3 aromatic carbocycles. The van der Waals surface area contributed by atoms with Crippen LogP contribution in [0.4, 0.5) is 16.2 Å². The maximum atomic E-state index is 13.1. The topological polar surface area (TPSA) is 131 Å². The lowest BCUT2D eigenvalue weighted by Crippen LogP contribution is -2.54. The Morgan fingerprint density at radius 1 is 0.974 bits per heavy atom. The van der Waals surface area contributed by atoms with E-state index in [1.807, 2.05) is 0 Å². The van der Waals surface area contributed by atoms with Crippen LogP contribution in [0.25, 0.3) is 6.08 Å². The summed E-state index contributed by atoms with van der Waals surface area (Å²) in [5.74, 6) is -2.62. The number of ether oxygens (including phenoxy) is 2. The van der Waals surface area contributed by atoms with E-state index >= 15 is 0 Å². The van der Waals surface area contributed by atoms with E-state index in [-0.39, 0.29) is 34.2 Å². The molecule has 2 N–H and O–H groups in total. The second-order valence-corrected chi connectivity index (χ2v) is 8.82. The van der Waals surface area contributed by atoms with Crippen LogP contribution in [0.2, 0.25) is 10.0 Å². The van der Waals surface area contributed by atoms with E-state index in [0.717, 1.165) is 4.90 Å². The van der Waals surface area contributed by atoms with Crippen LogP contribution in [0.1, 0.15) is 15.9 Å². The normalized spacial score (nSPS) is 14.2. The number of methoxy groups -OCH3 is 1. The zero-order valence-corrected chi connectivity index (χ0v) is 21.7. The van der Waals surface area contributed by atoms with Gasteiger partial charge in [0.25, 0.3) is 17.7 Å². The van der Waals surface area contributed by atoms with Gasteiger partial charge in [-0.25, -0.2) is 14.5 Å². The van der Waals surface area contributed by atoms with Crippen molar-refractivity contribution in [2.75, 3.05) is 23.9 Å². The van der Waals surface area contributed by atoms with Crippen LogP contribution in [0, 0.1) is 0 Å². The van der Waals surface area contributed by atoms with Gasteiger partial charge in [-0.05, 0) is 60.2 Å². The number of esters is 1. The van der Waals surface area contributed by atoms with Crippen LogP contribution in [-0.2, 0) is 19.1 Å². The third-order valence-electron chi connectivity index (χ3n) is 5.42. The number of anilines is 2. The fourth-order valence-electron chi connectivity index (χ4n) is 3.54. The zero-order chi connectivity index (χ0) is 28.1. The van der Waals surface area contributed by atoms with Gasteiger partial charge in [0.15, 0.2) is 6.61 Å². The summed E-state index contributed by atoms with van der Waals surface area (Å²) in [5.41, 5.74) is 0.831. The van der Waals surface area contributed by atoms with Crippen LogP contribution < -0.4 is 20.3 Å². The number of carbonyl (C=O) groups excluding carboxylic acids is 5. The highest BCUT2D eigenvalue weighted by molar-refractivity contribution is 6.39. The van der Waals surface area contributed by atoms with Gasteiger partial charge in [-0.1, -0.05) is 41.4 Å². The van der Waals surface area contributed by atoms with E-state index in [1.165, 1.54) is 55.7 Å². The number of imide groups is 2. The van der Waals surface area contributed by atoms with E-state index in [1.54, 1.807) is 24.3 Å². The van der Waals surface area contributed by atoms with Crippen molar-refractivity contribution in [3.63, 3.8) is 0 Å². The van der Waals surface area contributed by atoms with Crippen molar-refractivity contribution in [1.29, 1.82) is 0 Å². The zero-order valence-electron chi connectivity index (χ0n) is 20.2. The molecular formula is C27H19Cl2N3O7. The van der Waals surface area contributed by atoms with Crippen LogP contribution in [0.5, 0.6) is 5.75 Å². The lowest BCUT2D eigenvalue weighted by atomic mass is 10.1. The molecule has 1 saturated heterocycles. The fraction of sp³-hybridized carbons (Fsp3) is 0.0741. The predicted molar refractivity (Wildman–Crippen MR) is 144 cm³/mol. The molecule has 0 atom stereocenters. The van der Waals surface area contributed by atoms with Crippen molar-refractivity contribution < 1.29 is 33.4 Å². The van der Waals surface area contributed by atoms with Crippen molar-refractivity contribution in [3.05, 3.63) is 93.5 Å². The van der Waals surface area contributed by atoms with Crippen molar-refractivity contribution in [3.8, 4) is 5.75 Å². The SMILES string of the molecule is COC(=O)c1ccc(N2C(=O)NC(=O)/C(=C/c3ccc(OCC(=O)Nc4ccccc4Cl)c(Cl)c3)C2=O)cc1. The highest BCUT2D eigenvalue weighted by Gasteiger charge is 2.36. The summed E-state index contributed by atoms with van der Waals surface area (Å²) in [5, 5.41) is 5.23. The van der Waals surface area contributed by atoms with Gasteiger partial charge in [0.05, 0.1) is 34.1 Å². The van der Waals surface area contributed by atoms with Crippen LogP contribution in [0.15, 0.2) is 72.3 Å². The molecule has 0 spiro atoms. The first-order valence-corrected chi connectivity index (χ1v) is 12.0. The fourth-order valence-corrected chi connectivity index (χ4v) is 3.97. The molecule has 0 bridgehead atoms. The molecule has 1 aliphatic rings. The molecule has 3 aromatic rings. The first-order chi connectivity index (χ1) is 18.7. The Morgan fingerprint density at radius 3 is 2.36 bits per heavy atom.